The van der Waals surface area contributed by atoms with E-state index < -0.39 is 4.32 Å². The van der Waals surface area contributed by atoms with E-state index in [1.165, 1.54) is 0 Å². The van der Waals surface area contributed by atoms with Gasteiger partial charge >= 0.3 is 0 Å². The van der Waals surface area contributed by atoms with Crippen LogP contribution in [0, 0.1) is 5.92 Å². The Balaban J connectivity index is 2.98. The van der Waals surface area contributed by atoms with Crippen molar-refractivity contribution in [3.8, 4) is 0 Å². The fraction of sp³-hybridized carbons (Fsp3) is 0.900. The number of halogens is 4. The quantitative estimate of drug-likeness (QED) is 0.519. The van der Waals surface area contributed by atoms with Crippen molar-refractivity contribution in [3.05, 3.63) is 0 Å². The molecule has 88 valence electrons. The van der Waals surface area contributed by atoms with Crippen LogP contribution >= 0.6 is 63.7 Å². The van der Waals surface area contributed by atoms with E-state index in [4.69, 9.17) is 0 Å². The summed E-state index contributed by atoms with van der Waals surface area (Å²) in [6.07, 6.45) is 0.960. The zero-order chi connectivity index (χ0) is 12.0. The number of hydrogen-bond acceptors (Lipinski definition) is 1. The molecule has 0 spiro atoms. The minimum absolute atomic E-state index is 0.0354. The summed E-state index contributed by atoms with van der Waals surface area (Å²) in [4.78, 5) is 12.3. The maximum absolute atomic E-state index is 12.2. The van der Waals surface area contributed by atoms with Gasteiger partial charge in [0, 0.05) is 9.15 Å². The van der Waals surface area contributed by atoms with Crippen LogP contribution in [-0.4, -0.2) is 24.1 Å². The van der Waals surface area contributed by atoms with Crippen molar-refractivity contribution in [1.82, 2.24) is 0 Å². The number of ketones is 1. The topological polar surface area (TPSA) is 17.1 Å². The number of rotatable bonds is 1. The summed E-state index contributed by atoms with van der Waals surface area (Å²) in [6, 6.07) is 0. The Labute approximate surface area is 125 Å². The molecule has 0 aliphatic heterocycles. The Kier molecular flexibility index (Phi) is 4.58. The van der Waals surface area contributed by atoms with Gasteiger partial charge in [0.05, 0.1) is 9.15 Å². The second kappa shape index (κ2) is 4.69. The van der Waals surface area contributed by atoms with E-state index >= 15 is 0 Å². The summed E-state index contributed by atoms with van der Waals surface area (Å²) < 4.78 is -0.498. The number of carbonyl (C=O) groups excluding carboxylic acids is 1. The van der Waals surface area contributed by atoms with E-state index in [0.717, 1.165) is 6.42 Å². The molecule has 1 fully saturated rings. The fourth-order valence-corrected chi connectivity index (χ4v) is 5.33. The molecule has 1 aliphatic carbocycles. The average molecular weight is 470 g/mol. The lowest BCUT2D eigenvalue weighted by molar-refractivity contribution is -0.122. The van der Waals surface area contributed by atoms with Crippen molar-refractivity contribution >= 4 is 69.5 Å². The smallest absolute Gasteiger partial charge is 0.164 e. The second-order valence-electron chi connectivity index (χ2n) is 4.72. The van der Waals surface area contributed by atoms with Gasteiger partial charge in [0.25, 0.3) is 0 Å². The molecule has 0 saturated heterocycles. The van der Waals surface area contributed by atoms with Gasteiger partial charge in [0.2, 0.25) is 0 Å². The molecule has 0 aromatic carbocycles. The van der Waals surface area contributed by atoms with Crippen molar-refractivity contribution < 1.29 is 4.79 Å². The Morgan fingerprint density at radius 1 is 1.40 bits per heavy atom. The predicted molar refractivity (Wildman–Crippen MR) is 78.9 cm³/mol. The minimum atomic E-state index is -0.462. The molecular formula is C10H14Br4O. The van der Waals surface area contributed by atoms with Crippen molar-refractivity contribution in [2.24, 2.45) is 5.92 Å². The van der Waals surface area contributed by atoms with Crippen molar-refractivity contribution in [2.75, 3.05) is 0 Å². The van der Waals surface area contributed by atoms with Crippen LogP contribution in [0.4, 0.5) is 0 Å². The standard InChI is InChI=1S/C10H14Br4O/c1-9(2,13)5-4-6(11)10(3,14)8(15)7(5)12/h5-7H,4H2,1-3H3/t5-,6+,7+,10+/m1/s1. The predicted octanol–water partition coefficient (Wildman–Crippen LogP) is 4.43. The van der Waals surface area contributed by atoms with Crippen LogP contribution < -0.4 is 0 Å². The molecule has 0 amide bonds. The molecule has 0 heterocycles. The first-order valence-electron chi connectivity index (χ1n) is 4.78. The Bertz CT molecular complexity index is 269. The number of hydrogen-bond donors (Lipinski definition) is 0. The highest BCUT2D eigenvalue weighted by molar-refractivity contribution is 9.13. The molecular weight excluding hydrogens is 456 g/mol. The first-order chi connectivity index (χ1) is 6.58. The Morgan fingerprint density at radius 2 is 1.87 bits per heavy atom. The molecule has 0 unspecified atom stereocenters. The van der Waals surface area contributed by atoms with E-state index in [0.29, 0.717) is 5.92 Å². The molecule has 1 rings (SSSR count). The zero-order valence-electron chi connectivity index (χ0n) is 8.86. The molecule has 1 saturated carbocycles. The normalized spacial score (nSPS) is 43.1. The molecule has 0 N–H and O–H groups in total. The molecule has 0 radical (unpaired) electrons. The molecule has 5 heteroatoms. The first kappa shape index (κ1) is 14.7. The van der Waals surface area contributed by atoms with Crippen LogP contribution in [0.3, 0.4) is 0 Å². The van der Waals surface area contributed by atoms with Gasteiger partial charge < -0.3 is 0 Å². The highest BCUT2D eigenvalue weighted by Gasteiger charge is 2.51. The van der Waals surface area contributed by atoms with E-state index in [1.807, 2.05) is 6.92 Å². The van der Waals surface area contributed by atoms with Gasteiger partial charge in [-0.25, -0.2) is 0 Å². The van der Waals surface area contributed by atoms with Crippen LogP contribution in [0.5, 0.6) is 0 Å². The SMILES string of the molecule is CC(C)(Br)[C@@H]1C[C@H](Br)[C@](C)(Br)C(=O)[C@H]1Br. The highest BCUT2D eigenvalue weighted by Crippen LogP contribution is 2.48. The van der Waals surface area contributed by atoms with Crippen molar-refractivity contribution in [3.63, 3.8) is 0 Å². The van der Waals surface area contributed by atoms with Crippen LogP contribution in [-0.2, 0) is 4.79 Å². The number of alkyl halides is 4. The van der Waals surface area contributed by atoms with E-state index in [2.05, 4.69) is 77.6 Å². The van der Waals surface area contributed by atoms with Gasteiger partial charge in [-0.1, -0.05) is 63.7 Å². The van der Waals surface area contributed by atoms with Gasteiger partial charge in [-0.05, 0) is 33.1 Å². The summed E-state index contributed by atoms with van der Waals surface area (Å²) >= 11 is 14.3. The molecule has 1 nitrogen and oxygen atoms in total. The lowest BCUT2D eigenvalue weighted by Crippen LogP contribution is -2.54. The second-order valence-corrected chi connectivity index (χ2v) is 10.5. The maximum Gasteiger partial charge on any atom is 0.164 e. The molecule has 4 atom stereocenters. The minimum Gasteiger partial charge on any atom is -0.297 e. The summed E-state index contributed by atoms with van der Waals surface area (Å²) in [5, 5.41) is 0. The third-order valence-electron chi connectivity index (χ3n) is 3.02. The first-order valence-corrected chi connectivity index (χ1v) is 8.20. The molecule has 0 aromatic heterocycles. The fourth-order valence-electron chi connectivity index (χ4n) is 1.80. The molecule has 0 bridgehead atoms. The van der Waals surface area contributed by atoms with Crippen LogP contribution in [0.1, 0.15) is 27.2 Å². The van der Waals surface area contributed by atoms with Crippen molar-refractivity contribution in [2.45, 2.75) is 45.5 Å². The van der Waals surface area contributed by atoms with E-state index in [1.54, 1.807) is 0 Å². The monoisotopic (exact) mass is 466 g/mol. The third-order valence-corrected chi connectivity index (χ3v) is 7.51. The zero-order valence-corrected chi connectivity index (χ0v) is 15.2. The highest BCUT2D eigenvalue weighted by atomic mass is 79.9. The molecule has 15 heavy (non-hydrogen) atoms. The largest absolute Gasteiger partial charge is 0.297 e. The van der Waals surface area contributed by atoms with Crippen LogP contribution in [0.25, 0.3) is 0 Å². The van der Waals surface area contributed by atoms with Crippen LogP contribution in [0.15, 0.2) is 0 Å². The number of carbonyl (C=O) groups is 1. The molecule has 0 aromatic rings. The van der Waals surface area contributed by atoms with E-state index in [9.17, 15) is 4.79 Å². The van der Waals surface area contributed by atoms with Gasteiger partial charge in [0.1, 0.15) is 0 Å². The lowest BCUT2D eigenvalue weighted by atomic mass is 9.76. The number of Topliss-reactive ketones (excluding diaryl/α,β-unsaturated/α-hetero) is 1. The Hall–Kier alpha value is 1.59. The van der Waals surface area contributed by atoms with Crippen molar-refractivity contribution in [1.29, 1.82) is 0 Å². The average Bonchev–Trinajstić information content (AvgIpc) is 2.07. The molecule has 1 aliphatic rings. The summed E-state index contributed by atoms with van der Waals surface area (Å²) in [5.74, 6) is 0.508. The third kappa shape index (κ3) is 2.89. The maximum atomic E-state index is 12.2. The van der Waals surface area contributed by atoms with Gasteiger partial charge in [-0.3, -0.25) is 4.79 Å². The van der Waals surface area contributed by atoms with Gasteiger partial charge in [-0.2, -0.15) is 0 Å². The summed E-state index contributed by atoms with van der Waals surface area (Å²) in [7, 11) is 0. The van der Waals surface area contributed by atoms with Crippen LogP contribution in [0.2, 0.25) is 0 Å². The summed E-state index contributed by atoms with van der Waals surface area (Å²) in [5.41, 5.74) is 0. The van der Waals surface area contributed by atoms with Gasteiger partial charge in [0.15, 0.2) is 5.78 Å². The van der Waals surface area contributed by atoms with Gasteiger partial charge in [-0.15, -0.1) is 0 Å². The summed E-state index contributed by atoms with van der Waals surface area (Å²) in [6.45, 7) is 6.14. The lowest BCUT2D eigenvalue weighted by Gasteiger charge is -2.43. The Morgan fingerprint density at radius 3 is 2.27 bits per heavy atom. The van der Waals surface area contributed by atoms with E-state index in [-0.39, 0.29) is 19.8 Å².